The molecule has 9 heteroatoms. The predicted molar refractivity (Wildman–Crippen MR) is 159 cm³/mol. The number of hydrogen-bond acceptors (Lipinski definition) is 6. The third-order valence-electron chi connectivity index (χ3n) is 8.59. The van der Waals surface area contributed by atoms with E-state index in [2.05, 4.69) is 5.10 Å². The number of amides is 2. The highest BCUT2D eigenvalue weighted by Crippen LogP contribution is 2.45. The minimum atomic E-state index is -1.90. The molecule has 2 aliphatic rings. The van der Waals surface area contributed by atoms with Crippen molar-refractivity contribution in [3.8, 4) is 5.69 Å². The van der Waals surface area contributed by atoms with Crippen LogP contribution in [0.15, 0.2) is 89.9 Å². The first-order valence-electron chi connectivity index (χ1n) is 14.0. The Kier molecular flexibility index (Phi) is 7.00. The summed E-state index contributed by atoms with van der Waals surface area (Å²) in [6, 6.07) is 19.8. The maximum absolute atomic E-state index is 13.4. The molecule has 1 aromatic heterocycles. The summed E-state index contributed by atoms with van der Waals surface area (Å²) in [5.41, 5.74) is 1.32. The van der Waals surface area contributed by atoms with Crippen LogP contribution in [0.4, 0.5) is 5.69 Å². The van der Waals surface area contributed by atoms with E-state index < -0.39 is 17.4 Å². The van der Waals surface area contributed by atoms with Crippen LogP contribution in [-0.2, 0) is 28.2 Å². The largest absolute Gasteiger partial charge is 0.394 e. The lowest BCUT2D eigenvalue weighted by Gasteiger charge is -2.36. The molecule has 0 spiro atoms. The highest BCUT2D eigenvalue weighted by Gasteiger charge is 2.51. The van der Waals surface area contributed by atoms with Crippen molar-refractivity contribution < 1.29 is 19.8 Å². The van der Waals surface area contributed by atoms with Crippen molar-refractivity contribution in [2.24, 2.45) is 5.92 Å². The predicted octanol–water partition coefficient (Wildman–Crippen LogP) is 3.08. The molecule has 9 nitrogen and oxygen atoms in total. The third kappa shape index (κ3) is 4.42. The second-order valence-electron chi connectivity index (χ2n) is 11.0. The highest BCUT2D eigenvalue weighted by molar-refractivity contribution is 6.07. The molecule has 3 heterocycles. The van der Waals surface area contributed by atoms with E-state index >= 15 is 0 Å². The normalized spacial score (nSPS) is 20.7. The van der Waals surface area contributed by atoms with E-state index in [4.69, 9.17) is 0 Å². The molecule has 0 bridgehead atoms. The van der Waals surface area contributed by atoms with Crippen molar-refractivity contribution in [3.63, 3.8) is 0 Å². The van der Waals surface area contributed by atoms with E-state index in [1.807, 2.05) is 36.4 Å². The van der Waals surface area contributed by atoms with E-state index in [1.54, 1.807) is 67.6 Å². The molecule has 4 aromatic rings. The van der Waals surface area contributed by atoms with E-state index in [-0.39, 0.29) is 30.5 Å². The van der Waals surface area contributed by atoms with Gasteiger partial charge in [0, 0.05) is 36.9 Å². The van der Waals surface area contributed by atoms with Crippen molar-refractivity contribution in [3.05, 3.63) is 112 Å². The third-order valence-corrected chi connectivity index (χ3v) is 8.59. The first-order chi connectivity index (χ1) is 20.2. The number of aliphatic hydroxyl groups is 2. The molecule has 0 radical (unpaired) electrons. The Balaban J connectivity index is 1.26. The summed E-state index contributed by atoms with van der Waals surface area (Å²) in [5.74, 6) is -1.32. The van der Waals surface area contributed by atoms with Crippen molar-refractivity contribution in [2.45, 2.75) is 38.0 Å². The Labute approximate surface area is 242 Å². The van der Waals surface area contributed by atoms with E-state index in [0.29, 0.717) is 35.3 Å². The lowest BCUT2D eigenvalue weighted by molar-refractivity contribution is -0.139. The molecular weight excluding hydrogens is 532 g/mol. The fourth-order valence-corrected chi connectivity index (χ4v) is 6.12. The molecule has 3 atom stereocenters. The van der Waals surface area contributed by atoms with Crippen molar-refractivity contribution in [1.29, 1.82) is 0 Å². The molecule has 214 valence electrons. The molecule has 42 heavy (non-hydrogen) atoms. The number of carbonyl (C=O) groups is 2. The number of hydrogen-bond donors (Lipinski definition) is 2. The number of aliphatic hydroxyl groups excluding tert-OH is 1. The summed E-state index contributed by atoms with van der Waals surface area (Å²) in [5, 5.41) is 27.4. The van der Waals surface area contributed by atoms with Gasteiger partial charge in [-0.05, 0) is 41.8 Å². The number of benzene rings is 3. The number of fused-ring (bicyclic) bond motifs is 3. The van der Waals surface area contributed by atoms with Crippen LogP contribution in [0.5, 0.6) is 0 Å². The first-order valence-corrected chi connectivity index (χ1v) is 14.0. The number of rotatable bonds is 6. The summed E-state index contributed by atoms with van der Waals surface area (Å²) < 4.78 is 1.26. The molecule has 0 aliphatic carbocycles. The second kappa shape index (κ2) is 10.7. The van der Waals surface area contributed by atoms with Gasteiger partial charge in [-0.25, -0.2) is 0 Å². The Hall–Kier alpha value is -4.60. The van der Waals surface area contributed by atoms with Crippen LogP contribution in [0.2, 0.25) is 0 Å². The Morgan fingerprint density at radius 2 is 1.83 bits per heavy atom. The Morgan fingerprint density at radius 1 is 1.10 bits per heavy atom. The van der Waals surface area contributed by atoms with Crippen molar-refractivity contribution >= 4 is 28.3 Å². The molecular formula is C33H32N4O5. The summed E-state index contributed by atoms with van der Waals surface area (Å²) in [7, 11) is 1.60. The standard InChI is InChI=1S/C33H32N4O5/c1-21(8-7-13-30(39)36-19-24-11-4-3-9-22(24)16-26(36)20-38)33(42)28-17-25(14-15-29(28)35(2)32(33)41)37-31(40)27-12-6-5-10-23(27)18-34-37/h3-12,14-15,17-18,21,26,38,42H,13,16,19-20H2,1-2H3/b8-7+/t21-,26-,33+/m0/s1. The van der Waals surface area contributed by atoms with Gasteiger partial charge < -0.3 is 20.0 Å². The monoisotopic (exact) mass is 564 g/mol. The summed E-state index contributed by atoms with van der Waals surface area (Å²) in [4.78, 5) is 42.9. The van der Waals surface area contributed by atoms with Crippen LogP contribution in [-0.4, -0.2) is 56.4 Å². The minimum absolute atomic E-state index is 0.0619. The molecule has 2 amide bonds. The smallest absolute Gasteiger partial charge is 0.279 e. The van der Waals surface area contributed by atoms with Gasteiger partial charge in [-0.15, -0.1) is 0 Å². The molecule has 0 unspecified atom stereocenters. The van der Waals surface area contributed by atoms with Crippen LogP contribution in [0, 0.1) is 5.92 Å². The highest BCUT2D eigenvalue weighted by atomic mass is 16.3. The van der Waals surface area contributed by atoms with Gasteiger partial charge in [-0.3, -0.25) is 14.4 Å². The van der Waals surface area contributed by atoms with Crippen molar-refractivity contribution in [2.75, 3.05) is 18.6 Å². The lowest BCUT2D eigenvalue weighted by Crippen LogP contribution is -2.46. The molecule has 2 N–H and O–H groups in total. The molecule has 0 fully saturated rings. The van der Waals surface area contributed by atoms with Crippen LogP contribution in [0.3, 0.4) is 0 Å². The molecule has 6 rings (SSSR count). The minimum Gasteiger partial charge on any atom is -0.394 e. The number of carbonyl (C=O) groups excluding carboxylic acids is 2. The van der Waals surface area contributed by atoms with Gasteiger partial charge in [0.1, 0.15) is 0 Å². The average molecular weight is 565 g/mol. The summed E-state index contributed by atoms with van der Waals surface area (Å²) >= 11 is 0. The summed E-state index contributed by atoms with van der Waals surface area (Å²) in [6.07, 6.45) is 5.61. The van der Waals surface area contributed by atoms with Gasteiger partial charge in [0.25, 0.3) is 11.5 Å². The van der Waals surface area contributed by atoms with Gasteiger partial charge in [-0.2, -0.15) is 9.78 Å². The van der Waals surface area contributed by atoms with Crippen LogP contribution >= 0.6 is 0 Å². The lowest BCUT2D eigenvalue weighted by atomic mass is 9.82. The van der Waals surface area contributed by atoms with Crippen LogP contribution in [0.1, 0.15) is 30.0 Å². The molecule has 3 aromatic carbocycles. The van der Waals surface area contributed by atoms with Crippen LogP contribution < -0.4 is 10.5 Å². The van der Waals surface area contributed by atoms with Gasteiger partial charge in [-0.1, -0.05) is 61.5 Å². The molecule has 0 saturated heterocycles. The van der Waals surface area contributed by atoms with E-state index in [0.717, 1.165) is 16.5 Å². The number of aromatic nitrogens is 2. The van der Waals surface area contributed by atoms with E-state index in [1.165, 1.54) is 9.58 Å². The number of likely N-dealkylation sites (N-methyl/N-ethyl adjacent to an activating group) is 1. The Morgan fingerprint density at radius 3 is 2.62 bits per heavy atom. The maximum Gasteiger partial charge on any atom is 0.279 e. The second-order valence-corrected chi connectivity index (χ2v) is 11.0. The van der Waals surface area contributed by atoms with Gasteiger partial charge >= 0.3 is 0 Å². The fourth-order valence-electron chi connectivity index (χ4n) is 6.12. The average Bonchev–Trinajstić information content (AvgIpc) is 3.21. The molecule has 0 saturated carbocycles. The zero-order valence-corrected chi connectivity index (χ0v) is 23.5. The van der Waals surface area contributed by atoms with Gasteiger partial charge in [0.15, 0.2) is 5.60 Å². The SMILES string of the molecule is C[C@@H](/C=C/CC(=O)N1Cc2ccccc2C[C@H]1CO)[C@]1(O)C(=O)N(C)c2ccc(-n3ncc4ccccc4c3=O)cc21. The van der Waals surface area contributed by atoms with Gasteiger partial charge in [0.2, 0.25) is 5.91 Å². The number of nitrogens with zero attached hydrogens (tertiary/aromatic N) is 4. The first kappa shape index (κ1) is 27.6. The topological polar surface area (TPSA) is 116 Å². The van der Waals surface area contributed by atoms with E-state index in [9.17, 15) is 24.6 Å². The quantitative estimate of drug-likeness (QED) is 0.348. The Bertz CT molecular complexity index is 1800. The van der Waals surface area contributed by atoms with Crippen LogP contribution in [0.25, 0.3) is 16.5 Å². The zero-order chi connectivity index (χ0) is 29.6. The fraction of sp³-hybridized carbons (Fsp3) is 0.273. The zero-order valence-electron chi connectivity index (χ0n) is 23.5. The van der Waals surface area contributed by atoms with Crippen molar-refractivity contribution in [1.82, 2.24) is 14.7 Å². The number of anilines is 1. The molecule has 2 aliphatic heterocycles. The maximum atomic E-state index is 13.4. The van der Waals surface area contributed by atoms with Gasteiger partial charge in [0.05, 0.1) is 35.6 Å². The summed E-state index contributed by atoms with van der Waals surface area (Å²) in [6.45, 7) is 2.02.